The van der Waals surface area contributed by atoms with Crippen LogP contribution in [-0.4, -0.2) is 39.1 Å². The Morgan fingerprint density at radius 1 is 1.31 bits per heavy atom. The topological polar surface area (TPSA) is 72.1 Å². The van der Waals surface area contributed by atoms with E-state index in [9.17, 15) is 9.18 Å². The molecule has 1 amide bonds. The maximum absolute atomic E-state index is 13.1. The predicted octanol–water partition coefficient (Wildman–Crippen LogP) is 3.66. The van der Waals surface area contributed by atoms with E-state index >= 15 is 0 Å². The van der Waals surface area contributed by atoms with Crippen molar-refractivity contribution < 1.29 is 13.6 Å². The van der Waals surface area contributed by atoms with E-state index < -0.39 is 0 Å². The maximum Gasteiger partial charge on any atom is 0.273 e. The Hall–Kier alpha value is -2.61. The molecule has 1 aliphatic rings. The lowest BCUT2D eigenvalue weighted by molar-refractivity contribution is 0.0693. The molecular weight excluding hydrogens is 355 g/mol. The molecule has 0 bridgehead atoms. The van der Waals surface area contributed by atoms with Gasteiger partial charge in [0.05, 0.1) is 10.9 Å². The van der Waals surface area contributed by atoms with Crippen LogP contribution in [0.25, 0.3) is 11.5 Å². The molecule has 6 nitrogen and oxygen atoms in total. The number of benzene rings is 1. The molecule has 1 aliphatic heterocycles. The van der Waals surface area contributed by atoms with Crippen molar-refractivity contribution in [3.63, 3.8) is 0 Å². The van der Waals surface area contributed by atoms with Crippen molar-refractivity contribution in [2.45, 2.75) is 25.7 Å². The summed E-state index contributed by atoms with van der Waals surface area (Å²) in [5.41, 5.74) is 1.16. The quantitative estimate of drug-likeness (QED) is 0.702. The van der Waals surface area contributed by atoms with Crippen LogP contribution in [0.1, 0.15) is 40.1 Å². The summed E-state index contributed by atoms with van der Waals surface area (Å²) in [5, 5.41) is 10.9. The van der Waals surface area contributed by atoms with Gasteiger partial charge in [0.15, 0.2) is 0 Å². The van der Waals surface area contributed by atoms with Gasteiger partial charge in [-0.1, -0.05) is 0 Å². The zero-order valence-corrected chi connectivity index (χ0v) is 15.0. The van der Waals surface area contributed by atoms with E-state index in [1.54, 1.807) is 22.4 Å². The molecule has 0 radical (unpaired) electrons. The van der Waals surface area contributed by atoms with Gasteiger partial charge >= 0.3 is 0 Å². The van der Waals surface area contributed by atoms with Crippen molar-refractivity contribution in [1.29, 1.82) is 0 Å². The Balaban J connectivity index is 1.49. The first kappa shape index (κ1) is 16.8. The van der Waals surface area contributed by atoms with Crippen molar-refractivity contribution >= 4 is 17.2 Å². The summed E-state index contributed by atoms with van der Waals surface area (Å²) in [5.74, 6) is 0.494. The molecule has 1 fully saturated rings. The Kier molecular flexibility index (Phi) is 4.50. The van der Waals surface area contributed by atoms with E-state index in [0.29, 0.717) is 36.1 Å². The highest BCUT2D eigenvalue weighted by Crippen LogP contribution is 2.29. The average Bonchev–Trinajstić information content (AvgIpc) is 3.31. The number of carbonyl (C=O) groups excluding carboxylic acids is 1. The lowest BCUT2D eigenvalue weighted by Crippen LogP contribution is -2.39. The van der Waals surface area contributed by atoms with Crippen molar-refractivity contribution in [3.05, 3.63) is 52.1 Å². The third-order valence-electron chi connectivity index (χ3n) is 4.43. The summed E-state index contributed by atoms with van der Waals surface area (Å²) in [4.78, 5) is 18.7. The van der Waals surface area contributed by atoms with Crippen molar-refractivity contribution in [2.24, 2.45) is 0 Å². The van der Waals surface area contributed by atoms with Crippen LogP contribution in [0.5, 0.6) is 0 Å². The number of carbonyl (C=O) groups is 1. The summed E-state index contributed by atoms with van der Waals surface area (Å²) in [6, 6.07) is 5.92. The minimum absolute atomic E-state index is 0.00543. The summed E-state index contributed by atoms with van der Waals surface area (Å²) in [7, 11) is 0. The molecule has 1 aromatic carbocycles. The highest BCUT2D eigenvalue weighted by Gasteiger charge is 2.29. The first-order valence-electron chi connectivity index (χ1n) is 8.41. The number of hydrogen-bond acceptors (Lipinski definition) is 6. The number of nitrogens with zero attached hydrogens (tertiary/aromatic N) is 4. The second-order valence-electron chi connectivity index (χ2n) is 6.29. The normalized spacial score (nSPS) is 17.5. The standard InChI is InChI=1S/C18H17FN4O2S/c1-11-20-15(10-26-11)18(24)23-8-2-3-13(9-23)17-22-21-16(25-17)12-4-6-14(19)7-5-12/h4-7,10,13H,2-3,8-9H2,1H3. The number of hydrogen-bond donors (Lipinski definition) is 0. The fourth-order valence-corrected chi connectivity index (χ4v) is 3.68. The molecule has 1 saturated heterocycles. The van der Waals surface area contributed by atoms with Gasteiger partial charge in [-0.2, -0.15) is 0 Å². The van der Waals surface area contributed by atoms with Crippen LogP contribution >= 0.6 is 11.3 Å². The molecule has 1 unspecified atom stereocenters. The number of aromatic nitrogens is 3. The predicted molar refractivity (Wildman–Crippen MR) is 94.4 cm³/mol. The van der Waals surface area contributed by atoms with E-state index in [2.05, 4.69) is 15.2 Å². The molecule has 3 heterocycles. The molecule has 134 valence electrons. The highest BCUT2D eigenvalue weighted by molar-refractivity contribution is 7.09. The smallest absolute Gasteiger partial charge is 0.273 e. The van der Waals surface area contributed by atoms with Gasteiger partial charge in [0.1, 0.15) is 11.5 Å². The van der Waals surface area contributed by atoms with Gasteiger partial charge in [-0.3, -0.25) is 4.79 Å². The number of piperidine rings is 1. The molecule has 4 rings (SSSR count). The van der Waals surface area contributed by atoms with E-state index in [1.807, 2.05) is 6.92 Å². The third-order valence-corrected chi connectivity index (χ3v) is 5.20. The summed E-state index contributed by atoms with van der Waals surface area (Å²) >= 11 is 1.47. The van der Waals surface area contributed by atoms with E-state index in [4.69, 9.17) is 4.42 Å². The Morgan fingerprint density at radius 3 is 2.85 bits per heavy atom. The number of halogens is 1. The lowest BCUT2D eigenvalue weighted by Gasteiger charge is -2.30. The molecule has 26 heavy (non-hydrogen) atoms. The fraction of sp³-hybridized carbons (Fsp3) is 0.333. The van der Waals surface area contributed by atoms with E-state index in [1.165, 1.54) is 23.5 Å². The van der Waals surface area contributed by atoms with Crippen LogP contribution in [-0.2, 0) is 0 Å². The van der Waals surface area contributed by atoms with Crippen LogP contribution in [0.4, 0.5) is 4.39 Å². The van der Waals surface area contributed by atoms with E-state index in [0.717, 1.165) is 17.8 Å². The van der Waals surface area contributed by atoms with Crippen molar-refractivity contribution in [3.8, 4) is 11.5 Å². The van der Waals surface area contributed by atoms with Gasteiger partial charge in [0, 0.05) is 24.0 Å². The molecule has 0 N–H and O–H groups in total. The van der Waals surface area contributed by atoms with Crippen LogP contribution in [0.3, 0.4) is 0 Å². The van der Waals surface area contributed by atoms with E-state index in [-0.39, 0.29) is 17.6 Å². The third kappa shape index (κ3) is 3.37. The first-order valence-corrected chi connectivity index (χ1v) is 9.29. The molecular formula is C18H17FN4O2S. The SMILES string of the molecule is Cc1nc(C(=O)N2CCCC(c3nnc(-c4ccc(F)cc4)o3)C2)cs1. The highest BCUT2D eigenvalue weighted by atomic mass is 32.1. The summed E-state index contributed by atoms with van der Waals surface area (Å²) in [6.07, 6.45) is 1.75. The van der Waals surface area contributed by atoms with Gasteiger partial charge in [-0.15, -0.1) is 21.5 Å². The number of likely N-dealkylation sites (tertiary alicyclic amines) is 1. The second kappa shape index (κ2) is 6.95. The minimum Gasteiger partial charge on any atom is -0.420 e. The lowest BCUT2D eigenvalue weighted by atomic mass is 9.98. The number of rotatable bonds is 3. The molecule has 0 saturated carbocycles. The average molecular weight is 372 g/mol. The molecule has 0 spiro atoms. The van der Waals surface area contributed by atoms with Crippen molar-refractivity contribution in [1.82, 2.24) is 20.1 Å². The molecule has 8 heteroatoms. The first-order chi connectivity index (χ1) is 12.6. The van der Waals surface area contributed by atoms with Crippen LogP contribution in [0.15, 0.2) is 34.1 Å². The zero-order chi connectivity index (χ0) is 18.1. The van der Waals surface area contributed by atoms with Gasteiger partial charge in [-0.05, 0) is 44.0 Å². The monoisotopic (exact) mass is 372 g/mol. The van der Waals surface area contributed by atoms with Gasteiger partial charge in [0.25, 0.3) is 5.91 Å². The van der Waals surface area contributed by atoms with Gasteiger partial charge in [-0.25, -0.2) is 9.37 Å². The van der Waals surface area contributed by atoms with Crippen molar-refractivity contribution in [2.75, 3.05) is 13.1 Å². The largest absolute Gasteiger partial charge is 0.420 e. The number of amides is 1. The second-order valence-corrected chi connectivity index (χ2v) is 7.36. The molecule has 3 aromatic rings. The Labute approximate surface area is 153 Å². The number of aryl methyl sites for hydroxylation is 1. The minimum atomic E-state index is -0.313. The maximum atomic E-state index is 13.1. The molecule has 0 aliphatic carbocycles. The van der Waals surface area contributed by atoms with Crippen LogP contribution in [0, 0.1) is 12.7 Å². The summed E-state index contributed by atoms with van der Waals surface area (Å²) in [6.45, 7) is 3.11. The molecule has 2 aromatic heterocycles. The zero-order valence-electron chi connectivity index (χ0n) is 14.2. The number of thiazole rings is 1. The Morgan fingerprint density at radius 2 is 2.12 bits per heavy atom. The van der Waals surface area contributed by atoms with Crippen LogP contribution in [0.2, 0.25) is 0 Å². The molecule has 1 atom stereocenters. The fourth-order valence-electron chi connectivity index (χ4n) is 3.10. The van der Waals surface area contributed by atoms with Gasteiger partial charge < -0.3 is 9.32 Å². The summed E-state index contributed by atoms with van der Waals surface area (Å²) < 4.78 is 18.8. The van der Waals surface area contributed by atoms with Gasteiger partial charge in [0.2, 0.25) is 11.8 Å². The Bertz CT molecular complexity index is 921. The van der Waals surface area contributed by atoms with Crippen LogP contribution < -0.4 is 0 Å².